The predicted octanol–water partition coefficient (Wildman–Crippen LogP) is 2.09. The van der Waals surface area contributed by atoms with E-state index in [1.807, 2.05) is 6.07 Å². The summed E-state index contributed by atoms with van der Waals surface area (Å²) in [5.74, 6) is 0.743. The van der Waals surface area contributed by atoms with Gasteiger partial charge in [0.1, 0.15) is 0 Å². The van der Waals surface area contributed by atoms with Gasteiger partial charge in [-0.25, -0.2) is 0 Å². The molecule has 1 aromatic rings. The maximum Gasteiger partial charge on any atom is 0.0710 e. The Hall–Kier alpha value is -0.900. The summed E-state index contributed by atoms with van der Waals surface area (Å²) >= 11 is 0. The molecular formula is C17H25NO2. The molecule has 0 spiro atoms. The van der Waals surface area contributed by atoms with Crippen LogP contribution in [0.1, 0.15) is 24.8 Å². The number of rotatable bonds is 4. The van der Waals surface area contributed by atoms with E-state index in [0.717, 1.165) is 45.1 Å². The van der Waals surface area contributed by atoms with E-state index in [2.05, 4.69) is 29.2 Å². The first kappa shape index (κ1) is 14.1. The van der Waals surface area contributed by atoms with Crippen molar-refractivity contribution in [3.05, 3.63) is 35.9 Å². The molecule has 1 aromatic carbocycles. The number of hydrogen-bond donors (Lipinski definition) is 1. The highest BCUT2D eigenvalue weighted by atomic mass is 16.5. The number of aliphatic hydroxyl groups is 1. The van der Waals surface area contributed by atoms with Crippen molar-refractivity contribution < 1.29 is 9.84 Å². The average molecular weight is 275 g/mol. The third-order valence-corrected chi connectivity index (χ3v) is 4.75. The van der Waals surface area contributed by atoms with Crippen LogP contribution in [-0.4, -0.2) is 48.5 Å². The number of likely N-dealkylation sites (tertiary alicyclic amines) is 1. The van der Waals surface area contributed by atoms with Gasteiger partial charge in [-0.1, -0.05) is 30.3 Å². The summed E-state index contributed by atoms with van der Waals surface area (Å²) in [4.78, 5) is 2.51. The van der Waals surface area contributed by atoms with Gasteiger partial charge in [0.25, 0.3) is 0 Å². The molecule has 1 N–H and O–H groups in total. The second kappa shape index (κ2) is 6.70. The molecule has 2 atom stereocenters. The summed E-state index contributed by atoms with van der Waals surface area (Å²) in [6.45, 7) is 3.97. The summed E-state index contributed by atoms with van der Waals surface area (Å²) in [6, 6.07) is 10.8. The van der Waals surface area contributed by atoms with Crippen molar-refractivity contribution in [1.29, 1.82) is 0 Å². The lowest BCUT2D eigenvalue weighted by Gasteiger charge is -2.31. The Morgan fingerprint density at radius 2 is 1.85 bits per heavy atom. The van der Waals surface area contributed by atoms with Gasteiger partial charge in [0, 0.05) is 32.3 Å². The summed E-state index contributed by atoms with van der Waals surface area (Å²) < 4.78 is 5.44. The van der Waals surface area contributed by atoms with Crippen LogP contribution in [-0.2, 0) is 11.2 Å². The minimum absolute atomic E-state index is 0.171. The highest BCUT2D eigenvalue weighted by Gasteiger charge is 2.34. The molecule has 2 heterocycles. The fourth-order valence-electron chi connectivity index (χ4n) is 3.51. The minimum atomic E-state index is -0.171. The molecule has 2 aliphatic heterocycles. The van der Waals surface area contributed by atoms with E-state index in [9.17, 15) is 5.11 Å². The number of benzene rings is 1. The number of ether oxygens (including phenoxy) is 1. The van der Waals surface area contributed by atoms with Crippen molar-refractivity contribution >= 4 is 0 Å². The molecule has 3 nitrogen and oxygen atoms in total. The molecule has 0 bridgehead atoms. The van der Waals surface area contributed by atoms with Crippen LogP contribution in [0.15, 0.2) is 30.3 Å². The third-order valence-electron chi connectivity index (χ3n) is 4.75. The lowest BCUT2D eigenvalue weighted by Crippen LogP contribution is -2.40. The predicted molar refractivity (Wildman–Crippen MR) is 79.7 cm³/mol. The van der Waals surface area contributed by atoms with Gasteiger partial charge >= 0.3 is 0 Å². The van der Waals surface area contributed by atoms with Gasteiger partial charge in [-0.15, -0.1) is 0 Å². The molecule has 0 amide bonds. The number of hydrogen-bond acceptors (Lipinski definition) is 3. The van der Waals surface area contributed by atoms with Gasteiger partial charge < -0.3 is 9.84 Å². The van der Waals surface area contributed by atoms with Crippen molar-refractivity contribution in [2.45, 2.75) is 37.8 Å². The summed E-state index contributed by atoms with van der Waals surface area (Å²) in [5.41, 5.74) is 1.33. The van der Waals surface area contributed by atoms with Crippen LogP contribution in [0.3, 0.4) is 0 Å². The molecule has 2 aliphatic rings. The van der Waals surface area contributed by atoms with E-state index in [4.69, 9.17) is 4.74 Å². The highest BCUT2D eigenvalue weighted by Crippen LogP contribution is 2.25. The third kappa shape index (κ3) is 3.40. The zero-order valence-corrected chi connectivity index (χ0v) is 12.1. The monoisotopic (exact) mass is 275 g/mol. The lowest BCUT2D eigenvalue weighted by molar-refractivity contribution is 0.0434. The van der Waals surface area contributed by atoms with E-state index in [-0.39, 0.29) is 6.10 Å². The van der Waals surface area contributed by atoms with Crippen LogP contribution in [0.4, 0.5) is 0 Å². The van der Waals surface area contributed by atoms with Gasteiger partial charge in [0.2, 0.25) is 0 Å². The quantitative estimate of drug-likeness (QED) is 0.913. The highest BCUT2D eigenvalue weighted by molar-refractivity contribution is 5.17. The summed E-state index contributed by atoms with van der Waals surface area (Å²) in [6.07, 6.45) is 4.05. The molecule has 2 fully saturated rings. The van der Waals surface area contributed by atoms with Crippen molar-refractivity contribution in [2.24, 2.45) is 5.92 Å². The van der Waals surface area contributed by atoms with Gasteiger partial charge in [0.05, 0.1) is 6.10 Å². The maximum absolute atomic E-state index is 10.3. The molecule has 0 unspecified atom stereocenters. The minimum Gasteiger partial charge on any atom is -0.391 e. The average Bonchev–Trinajstić information content (AvgIpc) is 2.83. The van der Waals surface area contributed by atoms with Crippen molar-refractivity contribution in [3.8, 4) is 0 Å². The standard InChI is InChI=1S/C17H25NO2/c19-17-6-9-18(13-15-7-10-20-11-8-15)16(17)12-14-4-2-1-3-5-14/h1-5,15-17,19H,6-13H2/t16-,17-/m1/s1. The lowest BCUT2D eigenvalue weighted by atomic mass is 9.97. The van der Waals surface area contributed by atoms with Crippen LogP contribution in [0.25, 0.3) is 0 Å². The van der Waals surface area contributed by atoms with Crippen molar-refractivity contribution in [2.75, 3.05) is 26.3 Å². The van der Waals surface area contributed by atoms with Gasteiger partial charge in [-0.2, -0.15) is 0 Å². The van der Waals surface area contributed by atoms with Crippen LogP contribution in [0, 0.1) is 5.92 Å². The molecule has 20 heavy (non-hydrogen) atoms. The van der Waals surface area contributed by atoms with E-state index in [1.165, 1.54) is 18.4 Å². The number of aliphatic hydroxyl groups excluding tert-OH is 1. The first-order chi connectivity index (χ1) is 9.83. The smallest absolute Gasteiger partial charge is 0.0710 e. The fourth-order valence-corrected chi connectivity index (χ4v) is 3.51. The SMILES string of the molecule is O[C@@H]1CCN(CC2CCOCC2)[C@@H]1Cc1ccccc1. The molecule has 0 radical (unpaired) electrons. The second-order valence-electron chi connectivity index (χ2n) is 6.16. The maximum atomic E-state index is 10.3. The Morgan fingerprint density at radius 1 is 1.10 bits per heavy atom. The Bertz CT molecular complexity index is 403. The first-order valence-electron chi connectivity index (χ1n) is 7.87. The zero-order valence-electron chi connectivity index (χ0n) is 12.1. The van der Waals surface area contributed by atoms with E-state index >= 15 is 0 Å². The molecule has 2 saturated heterocycles. The van der Waals surface area contributed by atoms with E-state index < -0.39 is 0 Å². The molecule has 0 aromatic heterocycles. The van der Waals surface area contributed by atoms with Crippen LogP contribution in [0.2, 0.25) is 0 Å². The molecule has 0 aliphatic carbocycles. The second-order valence-corrected chi connectivity index (χ2v) is 6.16. The Balaban J connectivity index is 1.61. The van der Waals surface area contributed by atoms with Gasteiger partial charge in [-0.3, -0.25) is 4.90 Å². The van der Waals surface area contributed by atoms with Crippen LogP contribution >= 0.6 is 0 Å². The first-order valence-corrected chi connectivity index (χ1v) is 7.87. The van der Waals surface area contributed by atoms with Gasteiger partial charge in [-0.05, 0) is 37.2 Å². The molecule has 110 valence electrons. The molecule has 3 rings (SSSR count). The Kier molecular flexibility index (Phi) is 4.71. The fraction of sp³-hybridized carbons (Fsp3) is 0.647. The van der Waals surface area contributed by atoms with Crippen LogP contribution < -0.4 is 0 Å². The molecule has 0 saturated carbocycles. The van der Waals surface area contributed by atoms with Gasteiger partial charge in [0.15, 0.2) is 0 Å². The normalized spacial score (nSPS) is 28.9. The zero-order chi connectivity index (χ0) is 13.8. The Labute approximate surface area is 121 Å². The van der Waals surface area contributed by atoms with E-state index in [1.54, 1.807) is 0 Å². The number of nitrogens with zero attached hydrogens (tertiary/aromatic N) is 1. The Morgan fingerprint density at radius 3 is 2.60 bits per heavy atom. The summed E-state index contributed by atoms with van der Waals surface area (Å²) in [5, 5.41) is 10.3. The molecular weight excluding hydrogens is 250 g/mol. The van der Waals surface area contributed by atoms with Crippen molar-refractivity contribution in [3.63, 3.8) is 0 Å². The van der Waals surface area contributed by atoms with E-state index in [0.29, 0.717) is 6.04 Å². The largest absolute Gasteiger partial charge is 0.391 e. The van der Waals surface area contributed by atoms with Crippen LogP contribution in [0.5, 0.6) is 0 Å². The molecule has 3 heteroatoms. The summed E-state index contributed by atoms with van der Waals surface area (Å²) in [7, 11) is 0. The van der Waals surface area contributed by atoms with Crippen molar-refractivity contribution in [1.82, 2.24) is 4.90 Å². The topological polar surface area (TPSA) is 32.7 Å².